The standard InChI is InChI=1S/C21H24N8OS/c1-13-19(31-14(2)25-13)16-4-5-17(30)29(26-16)10-15-6-8-28(9-7-15)21-18-20(22-11-23-21)27(3)12-24-18/h4-5,11-12,15H,6-10H2,1-3H3. The summed E-state index contributed by atoms with van der Waals surface area (Å²) in [5.41, 5.74) is 3.39. The number of rotatable bonds is 4. The van der Waals surface area contributed by atoms with Gasteiger partial charge in [0.05, 0.1) is 21.9 Å². The van der Waals surface area contributed by atoms with E-state index in [0.29, 0.717) is 12.5 Å². The SMILES string of the molecule is Cc1nc(C)c(-c2ccc(=O)n(CC3CCN(c4ncnc5c4ncn5C)CC3)n2)s1. The number of fused-ring (bicyclic) bond motifs is 1. The fourth-order valence-electron chi connectivity index (χ4n) is 4.21. The van der Waals surface area contributed by atoms with E-state index in [9.17, 15) is 4.79 Å². The zero-order valence-electron chi connectivity index (χ0n) is 17.8. The molecule has 1 fully saturated rings. The van der Waals surface area contributed by atoms with Crippen LogP contribution >= 0.6 is 11.3 Å². The minimum absolute atomic E-state index is 0.0592. The van der Waals surface area contributed by atoms with Crippen LogP contribution in [0.1, 0.15) is 23.5 Å². The molecule has 160 valence electrons. The maximum Gasteiger partial charge on any atom is 0.266 e. The van der Waals surface area contributed by atoms with Gasteiger partial charge in [0.2, 0.25) is 0 Å². The van der Waals surface area contributed by atoms with Crippen molar-refractivity contribution in [3.05, 3.63) is 45.8 Å². The van der Waals surface area contributed by atoms with Crippen LogP contribution in [-0.2, 0) is 13.6 Å². The first-order chi connectivity index (χ1) is 15.0. The van der Waals surface area contributed by atoms with Crippen molar-refractivity contribution in [1.29, 1.82) is 0 Å². The highest BCUT2D eigenvalue weighted by atomic mass is 32.1. The summed E-state index contributed by atoms with van der Waals surface area (Å²) in [5, 5.41) is 5.66. The number of hydrogen-bond acceptors (Lipinski definition) is 8. The molecule has 0 bridgehead atoms. The Morgan fingerprint density at radius 1 is 1.13 bits per heavy atom. The van der Waals surface area contributed by atoms with Gasteiger partial charge in [-0.1, -0.05) is 0 Å². The van der Waals surface area contributed by atoms with Gasteiger partial charge in [0.25, 0.3) is 5.56 Å². The molecule has 0 atom stereocenters. The van der Waals surface area contributed by atoms with Crippen molar-refractivity contribution in [3.63, 3.8) is 0 Å². The smallest absolute Gasteiger partial charge is 0.266 e. The minimum Gasteiger partial charge on any atom is -0.355 e. The summed E-state index contributed by atoms with van der Waals surface area (Å²) in [7, 11) is 1.94. The first-order valence-corrected chi connectivity index (χ1v) is 11.2. The van der Waals surface area contributed by atoms with E-state index >= 15 is 0 Å². The van der Waals surface area contributed by atoms with Gasteiger partial charge in [-0.05, 0) is 38.7 Å². The van der Waals surface area contributed by atoms with Gasteiger partial charge in [0.15, 0.2) is 17.0 Å². The van der Waals surface area contributed by atoms with E-state index in [1.165, 1.54) is 0 Å². The molecule has 1 aliphatic rings. The lowest BCUT2D eigenvalue weighted by molar-refractivity contribution is 0.335. The third-order valence-electron chi connectivity index (χ3n) is 5.83. The van der Waals surface area contributed by atoms with Crippen molar-refractivity contribution in [1.82, 2.24) is 34.3 Å². The van der Waals surface area contributed by atoms with Crippen LogP contribution in [0.3, 0.4) is 0 Å². The Hall–Kier alpha value is -3.14. The second-order valence-corrected chi connectivity index (χ2v) is 9.24. The maximum absolute atomic E-state index is 12.5. The molecule has 0 N–H and O–H groups in total. The van der Waals surface area contributed by atoms with E-state index in [-0.39, 0.29) is 5.56 Å². The molecule has 4 aromatic rings. The van der Waals surface area contributed by atoms with E-state index in [1.807, 2.05) is 25.5 Å². The number of aromatic nitrogens is 7. The van der Waals surface area contributed by atoms with Gasteiger partial charge in [0, 0.05) is 32.7 Å². The van der Waals surface area contributed by atoms with Gasteiger partial charge in [-0.3, -0.25) is 4.79 Å². The van der Waals surface area contributed by atoms with Gasteiger partial charge < -0.3 is 9.47 Å². The van der Waals surface area contributed by atoms with Gasteiger partial charge >= 0.3 is 0 Å². The molecule has 0 radical (unpaired) electrons. The first-order valence-electron chi connectivity index (χ1n) is 10.4. The van der Waals surface area contributed by atoms with Crippen LogP contribution in [0.2, 0.25) is 0 Å². The van der Waals surface area contributed by atoms with E-state index in [0.717, 1.165) is 64.2 Å². The Labute approximate surface area is 183 Å². The van der Waals surface area contributed by atoms with Crippen molar-refractivity contribution >= 4 is 28.3 Å². The lowest BCUT2D eigenvalue weighted by atomic mass is 9.97. The molecule has 0 spiro atoms. The lowest BCUT2D eigenvalue weighted by Gasteiger charge is -2.32. The number of imidazole rings is 1. The summed E-state index contributed by atoms with van der Waals surface area (Å²) in [4.78, 5) is 33.5. The summed E-state index contributed by atoms with van der Waals surface area (Å²) in [5.74, 6) is 1.28. The molecule has 5 rings (SSSR count). The number of hydrogen-bond donors (Lipinski definition) is 0. The molecule has 0 unspecified atom stereocenters. The quantitative estimate of drug-likeness (QED) is 0.485. The Bertz CT molecular complexity index is 1300. The third-order valence-corrected chi connectivity index (χ3v) is 6.92. The van der Waals surface area contributed by atoms with Crippen molar-refractivity contribution in [2.24, 2.45) is 13.0 Å². The second kappa shape index (κ2) is 7.84. The van der Waals surface area contributed by atoms with Gasteiger partial charge in [-0.15, -0.1) is 11.3 Å². The molecule has 4 aromatic heterocycles. The second-order valence-electron chi connectivity index (χ2n) is 8.04. The molecule has 10 heteroatoms. The van der Waals surface area contributed by atoms with Crippen LogP contribution in [0.15, 0.2) is 29.6 Å². The maximum atomic E-state index is 12.5. The highest BCUT2D eigenvalue weighted by Crippen LogP contribution is 2.29. The molecule has 0 amide bonds. The highest BCUT2D eigenvalue weighted by molar-refractivity contribution is 7.15. The average molecular weight is 437 g/mol. The Morgan fingerprint density at radius 2 is 1.94 bits per heavy atom. The zero-order valence-corrected chi connectivity index (χ0v) is 18.6. The molecular weight excluding hydrogens is 412 g/mol. The van der Waals surface area contributed by atoms with Gasteiger partial charge in [-0.2, -0.15) is 5.10 Å². The zero-order chi connectivity index (χ0) is 21.5. The fourth-order valence-corrected chi connectivity index (χ4v) is 5.09. The molecule has 0 aromatic carbocycles. The van der Waals surface area contributed by atoms with Crippen LogP contribution in [-0.4, -0.2) is 47.4 Å². The van der Waals surface area contributed by atoms with Crippen molar-refractivity contribution < 1.29 is 0 Å². The molecule has 31 heavy (non-hydrogen) atoms. The topological polar surface area (TPSA) is 94.6 Å². The van der Waals surface area contributed by atoms with E-state index in [2.05, 4.69) is 29.9 Å². The van der Waals surface area contributed by atoms with Crippen LogP contribution in [0.4, 0.5) is 5.82 Å². The van der Waals surface area contributed by atoms with Crippen molar-refractivity contribution in [2.45, 2.75) is 33.2 Å². The largest absolute Gasteiger partial charge is 0.355 e. The predicted octanol–water partition coefficient (Wildman–Crippen LogP) is 2.58. The Balaban J connectivity index is 1.31. The average Bonchev–Trinajstić information content (AvgIpc) is 3.31. The summed E-state index contributed by atoms with van der Waals surface area (Å²) < 4.78 is 3.52. The van der Waals surface area contributed by atoms with Crippen LogP contribution in [0.25, 0.3) is 21.7 Å². The summed E-state index contributed by atoms with van der Waals surface area (Å²) in [6.45, 7) is 6.34. The molecule has 0 saturated carbocycles. The van der Waals surface area contributed by atoms with E-state index in [1.54, 1.807) is 40.8 Å². The Kier molecular flexibility index (Phi) is 5.01. The Morgan fingerprint density at radius 3 is 2.68 bits per heavy atom. The fraction of sp³-hybridized carbons (Fsp3) is 0.429. The van der Waals surface area contributed by atoms with E-state index in [4.69, 9.17) is 0 Å². The van der Waals surface area contributed by atoms with Crippen LogP contribution < -0.4 is 10.5 Å². The molecule has 1 aliphatic heterocycles. The first kappa shape index (κ1) is 19.8. The number of nitrogens with zero attached hydrogens (tertiary/aromatic N) is 8. The van der Waals surface area contributed by atoms with E-state index < -0.39 is 0 Å². The molecule has 1 saturated heterocycles. The van der Waals surface area contributed by atoms with Crippen LogP contribution in [0, 0.1) is 19.8 Å². The monoisotopic (exact) mass is 436 g/mol. The molecular formula is C21H24N8OS. The molecule has 9 nitrogen and oxygen atoms in total. The molecule has 0 aliphatic carbocycles. The number of thiazole rings is 1. The number of piperidine rings is 1. The number of aryl methyl sites for hydroxylation is 3. The predicted molar refractivity (Wildman–Crippen MR) is 120 cm³/mol. The van der Waals surface area contributed by atoms with Gasteiger partial charge in [-0.25, -0.2) is 24.6 Å². The normalized spacial score (nSPS) is 15.1. The highest BCUT2D eigenvalue weighted by Gasteiger charge is 2.24. The lowest BCUT2D eigenvalue weighted by Crippen LogP contribution is -2.37. The number of anilines is 1. The van der Waals surface area contributed by atoms with Crippen molar-refractivity contribution in [2.75, 3.05) is 18.0 Å². The van der Waals surface area contributed by atoms with Crippen molar-refractivity contribution in [3.8, 4) is 10.6 Å². The minimum atomic E-state index is -0.0592. The molecule has 5 heterocycles. The third kappa shape index (κ3) is 3.71. The van der Waals surface area contributed by atoms with Crippen LogP contribution in [0.5, 0.6) is 0 Å². The summed E-state index contributed by atoms with van der Waals surface area (Å²) in [6.07, 6.45) is 5.31. The summed E-state index contributed by atoms with van der Waals surface area (Å²) >= 11 is 1.61. The summed E-state index contributed by atoms with van der Waals surface area (Å²) in [6, 6.07) is 3.42. The van der Waals surface area contributed by atoms with Gasteiger partial charge in [0.1, 0.15) is 12.0 Å².